The maximum absolute atomic E-state index is 5.36. The molecule has 21 heavy (non-hydrogen) atoms. The Hall–Kier alpha value is -2.96. The largest absolute Gasteiger partial charge is 0.364 e. The predicted molar refractivity (Wildman–Crippen MR) is 73.4 cm³/mol. The van der Waals surface area contributed by atoms with Crippen molar-refractivity contribution in [1.29, 1.82) is 0 Å². The Morgan fingerprint density at radius 2 is 2.19 bits per heavy atom. The molecule has 0 radical (unpaired) electrons. The zero-order valence-corrected chi connectivity index (χ0v) is 11.2. The van der Waals surface area contributed by atoms with Gasteiger partial charge in [0.05, 0.1) is 29.4 Å². The van der Waals surface area contributed by atoms with Crippen LogP contribution < -0.4 is 0 Å². The molecule has 0 saturated carbocycles. The molecule has 0 unspecified atom stereocenters. The molecule has 4 aromatic rings. The van der Waals surface area contributed by atoms with Crippen LogP contribution in [0.1, 0.15) is 17.1 Å². The smallest absolute Gasteiger partial charge is 0.260 e. The summed E-state index contributed by atoms with van der Waals surface area (Å²) < 4.78 is 10.2. The maximum atomic E-state index is 5.36. The molecular weight excluding hydrogens is 270 g/mol. The van der Waals surface area contributed by atoms with Gasteiger partial charge in [0.15, 0.2) is 5.82 Å². The van der Waals surface area contributed by atoms with E-state index in [2.05, 4.69) is 31.6 Å². The highest BCUT2D eigenvalue weighted by molar-refractivity contribution is 5.91. The van der Waals surface area contributed by atoms with E-state index in [0.29, 0.717) is 18.1 Å². The minimum absolute atomic E-state index is 0.464. The second-order valence-electron chi connectivity index (χ2n) is 4.83. The van der Waals surface area contributed by atoms with Crippen molar-refractivity contribution in [2.75, 3.05) is 0 Å². The normalized spacial score (nSPS) is 11.3. The summed E-state index contributed by atoms with van der Waals surface area (Å²) in [7, 11) is 0. The summed E-state index contributed by atoms with van der Waals surface area (Å²) >= 11 is 0. The number of fused-ring (bicyclic) bond motifs is 1. The molecule has 0 atom stereocenters. The van der Waals surface area contributed by atoms with Crippen molar-refractivity contribution in [2.24, 2.45) is 0 Å². The molecule has 7 nitrogen and oxygen atoms in total. The molecule has 0 aliphatic rings. The fourth-order valence-electron chi connectivity index (χ4n) is 2.30. The van der Waals surface area contributed by atoms with Crippen molar-refractivity contribution < 1.29 is 9.05 Å². The summed E-state index contributed by atoms with van der Waals surface area (Å²) in [6.45, 7) is 2.02. The van der Waals surface area contributed by atoms with Crippen LogP contribution >= 0.6 is 0 Å². The SMILES string of the molecule is Cc1cc(-c2nc(Cc3ccon3)no2)c2[nH]ncc2c1. The molecule has 0 amide bonds. The van der Waals surface area contributed by atoms with Gasteiger partial charge in [-0.1, -0.05) is 10.3 Å². The van der Waals surface area contributed by atoms with Crippen molar-refractivity contribution in [1.82, 2.24) is 25.5 Å². The minimum Gasteiger partial charge on any atom is -0.364 e. The summed E-state index contributed by atoms with van der Waals surface area (Å²) in [4.78, 5) is 4.42. The van der Waals surface area contributed by atoms with Gasteiger partial charge in [0.2, 0.25) is 0 Å². The Balaban J connectivity index is 1.75. The molecule has 3 aromatic heterocycles. The first-order valence-corrected chi connectivity index (χ1v) is 6.45. The summed E-state index contributed by atoms with van der Waals surface area (Å²) in [5.41, 5.74) is 3.60. The third-order valence-electron chi connectivity index (χ3n) is 3.22. The highest BCUT2D eigenvalue weighted by atomic mass is 16.5. The second kappa shape index (κ2) is 4.55. The average molecular weight is 281 g/mol. The van der Waals surface area contributed by atoms with Crippen LogP contribution in [0.5, 0.6) is 0 Å². The van der Waals surface area contributed by atoms with Crippen molar-refractivity contribution >= 4 is 10.9 Å². The molecule has 0 spiro atoms. The number of aromatic nitrogens is 5. The van der Waals surface area contributed by atoms with Gasteiger partial charge in [-0.3, -0.25) is 5.10 Å². The molecule has 1 N–H and O–H groups in total. The third-order valence-corrected chi connectivity index (χ3v) is 3.22. The van der Waals surface area contributed by atoms with Gasteiger partial charge in [-0.15, -0.1) is 0 Å². The van der Waals surface area contributed by atoms with Crippen molar-refractivity contribution in [3.63, 3.8) is 0 Å². The van der Waals surface area contributed by atoms with Crippen molar-refractivity contribution in [2.45, 2.75) is 13.3 Å². The highest BCUT2D eigenvalue weighted by Crippen LogP contribution is 2.27. The van der Waals surface area contributed by atoms with Crippen LogP contribution in [-0.4, -0.2) is 25.5 Å². The van der Waals surface area contributed by atoms with Crippen LogP contribution in [0, 0.1) is 6.92 Å². The number of nitrogens with one attached hydrogen (secondary N) is 1. The van der Waals surface area contributed by atoms with Gasteiger partial charge in [0.25, 0.3) is 5.89 Å². The maximum Gasteiger partial charge on any atom is 0.260 e. The fraction of sp³-hybridized carbons (Fsp3) is 0.143. The lowest BCUT2D eigenvalue weighted by atomic mass is 10.1. The van der Waals surface area contributed by atoms with E-state index in [0.717, 1.165) is 27.7 Å². The van der Waals surface area contributed by atoms with E-state index >= 15 is 0 Å². The lowest BCUT2D eigenvalue weighted by Gasteiger charge is -1.99. The number of aromatic amines is 1. The highest BCUT2D eigenvalue weighted by Gasteiger charge is 2.15. The quantitative estimate of drug-likeness (QED) is 0.620. The Morgan fingerprint density at radius 3 is 3.05 bits per heavy atom. The Labute approximate surface area is 119 Å². The molecular formula is C14H11N5O2. The van der Waals surface area contributed by atoms with Gasteiger partial charge >= 0.3 is 0 Å². The van der Waals surface area contributed by atoms with Crippen LogP contribution in [0.2, 0.25) is 0 Å². The van der Waals surface area contributed by atoms with Gasteiger partial charge in [0, 0.05) is 11.5 Å². The summed E-state index contributed by atoms with van der Waals surface area (Å²) in [5, 5.41) is 15.9. The molecule has 0 aliphatic heterocycles. The van der Waals surface area contributed by atoms with E-state index in [1.54, 1.807) is 12.3 Å². The Bertz CT molecular complexity index is 891. The van der Waals surface area contributed by atoms with Gasteiger partial charge in [-0.05, 0) is 24.6 Å². The van der Waals surface area contributed by atoms with E-state index < -0.39 is 0 Å². The van der Waals surface area contributed by atoms with Crippen LogP contribution in [0.4, 0.5) is 0 Å². The molecule has 0 aliphatic carbocycles. The van der Waals surface area contributed by atoms with Gasteiger partial charge in [-0.25, -0.2) is 0 Å². The Morgan fingerprint density at radius 1 is 1.24 bits per heavy atom. The van der Waals surface area contributed by atoms with Crippen LogP contribution in [0.3, 0.4) is 0 Å². The van der Waals surface area contributed by atoms with Crippen molar-refractivity contribution in [3.8, 4) is 11.5 Å². The number of hydrogen-bond acceptors (Lipinski definition) is 6. The summed E-state index contributed by atoms with van der Waals surface area (Å²) in [6, 6.07) is 5.82. The number of nitrogens with zero attached hydrogens (tertiary/aromatic N) is 4. The first kappa shape index (κ1) is 11.8. The van der Waals surface area contributed by atoms with Gasteiger partial charge in [-0.2, -0.15) is 10.1 Å². The second-order valence-corrected chi connectivity index (χ2v) is 4.83. The number of hydrogen-bond donors (Lipinski definition) is 1. The van der Waals surface area contributed by atoms with Gasteiger partial charge in [0.1, 0.15) is 6.26 Å². The zero-order chi connectivity index (χ0) is 14.2. The van der Waals surface area contributed by atoms with Crippen LogP contribution in [-0.2, 0) is 6.42 Å². The third kappa shape index (κ3) is 2.08. The molecule has 0 bridgehead atoms. The first-order valence-electron chi connectivity index (χ1n) is 6.45. The number of aryl methyl sites for hydroxylation is 1. The summed E-state index contributed by atoms with van der Waals surface area (Å²) in [5.74, 6) is 1.03. The lowest BCUT2D eigenvalue weighted by molar-refractivity contribution is 0.408. The van der Waals surface area contributed by atoms with E-state index in [-0.39, 0.29) is 0 Å². The number of rotatable bonds is 3. The van der Waals surface area contributed by atoms with E-state index in [4.69, 9.17) is 9.05 Å². The van der Waals surface area contributed by atoms with Crippen molar-refractivity contribution in [3.05, 3.63) is 47.7 Å². The van der Waals surface area contributed by atoms with Crippen LogP contribution in [0.25, 0.3) is 22.4 Å². The molecule has 0 saturated heterocycles. The standard InChI is InChI=1S/C14H11N5O2/c1-8-4-9-7-15-17-13(9)11(5-8)14-16-12(19-21-14)6-10-2-3-20-18-10/h2-5,7H,6H2,1H3,(H,15,17). The predicted octanol–water partition coefficient (Wildman–Crippen LogP) is 2.50. The molecule has 3 heterocycles. The minimum atomic E-state index is 0.464. The average Bonchev–Trinajstić information content (AvgIpc) is 3.18. The molecule has 104 valence electrons. The number of H-pyrrole nitrogens is 1. The molecule has 1 aromatic carbocycles. The molecule has 4 rings (SSSR count). The molecule has 7 heteroatoms. The summed E-state index contributed by atoms with van der Waals surface area (Å²) in [6.07, 6.45) is 3.77. The van der Waals surface area contributed by atoms with Gasteiger partial charge < -0.3 is 9.05 Å². The van der Waals surface area contributed by atoms with E-state index in [1.165, 1.54) is 6.26 Å². The van der Waals surface area contributed by atoms with Crippen LogP contribution in [0.15, 0.2) is 39.7 Å². The topological polar surface area (TPSA) is 93.6 Å². The monoisotopic (exact) mass is 281 g/mol. The van der Waals surface area contributed by atoms with E-state index in [1.807, 2.05) is 13.0 Å². The first-order chi connectivity index (χ1) is 10.3. The van der Waals surface area contributed by atoms with E-state index in [9.17, 15) is 0 Å². The molecule has 0 fully saturated rings. The lowest BCUT2D eigenvalue weighted by Crippen LogP contribution is -1.91. The zero-order valence-electron chi connectivity index (χ0n) is 11.2. The fourth-order valence-corrected chi connectivity index (χ4v) is 2.30. The Kier molecular flexibility index (Phi) is 2.56. The number of benzene rings is 1.